The van der Waals surface area contributed by atoms with E-state index in [2.05, 4.69) is 19.2 Å². The zero-order valence-electron chi connectivity index (χ0n) is 12.6. The normalized spacial score (nSPS) is 12.4. The van der Waals surface area contributed by atoms with Crippen molar-refractivity contribution in [3.63, 3.8) is 0 Å². The molecule has 21 heavy (non-hydrogen) atoms. The fraction of sp³-hybridized carbons (Fsp3) is 0.353. The third kappa shape index (κ3) is 4.12. The average Bonchev–Trinajstić information content (AvgIpc) is 2.44. The van der Waals surface area contributed by atoms with E-state index >= 15 is 0 Å². The molecule has 0 fully saturated rings. The van der Waals surface area contributed by atoms with E-state index < -0.39 is 0 Å². The van der Waals surface area contributed by atoms with Gasteiger partial charge in [-0.2, -0.15) is 0 Å². The standard InChI is InChI=1S/C17H21NO3/c1-11(2)12(3)18-17(20)10-21-16-7-5-13-4-6-15(19)8-14(13)9-16/h4-9,11-12,19H,10H2,1-3H3,(H,18,20). The molecule has 0 aromatic heterocycles. The molecule has 0 aliphatic carbocycles. The van der Waals surface area contributed by atoms with Crippen molar-refractivity contribution in [2.75, 3.05) is 6.61 Å². The maximum Gasteiger partial charge on any atom is 0.258 e. The lowest BCUT2D eigenvalue weighted by atomic mass is 10.1. The van der Waals surface area contributed by atoms with Gasteiger partial charge in [-0.15, -0.1) is 0 Å². The van der Waals surface area contributed by atoms with Crippen LogP contribution in [0.25, 0.3) is 10.8 Å². The number of fused-ring (bicyclic) bond motifs is 1. The highest BCUT2D eigenvalue weighted by molar-refractivity contribution is 5.85. The molecule has 1 amide bonds. The first-order valence-corrected chi connectivity index (χ1v) is 7.10. The number of phenolic OH excluding ortho intramolecular Hbond substituents is 1. The second-order valence-electron chi connectivity index (χ2n) is 5.58. The van der Waals surface area contributed by atoms with E-state index in [0.717, 1.165) is 10.8 Å². The van der Waals surface area contributed by atoms with Gasteiger partial charge < -0.3 is 15.2 Å². The van der Waals surface area contributed by atoms with Gasteiger partial charge >= 0.3 is 0 Å². The van der Waals surface area contributed by atoms with Crippen molar-refractivity contribution >= 4 is 16.7 Å². The summed E-state index contributed by atoms with van der Waals surface area (Å²) in [5, 5.41) is 14.3. The summed E-state index contributed by atoms with van der Waals surface area (Å²) in [6.45, 7) is 6.08. The number of ether oxygens (including phenoxy) is 1. The van der Waals surface area contributed by atoms with Gasteiger partial charge in [-0.05, 0) is 47.9 Å². The summed E-state index contributed by atoms with van der Waals surface area (Å²) in [7, 11) is 0. The Kier molecular flexibility index (Phi) is 4.68. The molecule has 0 heterocycles. The Balaban J connectivity index is 1.98. The molecule has 0 aliphatic rings. The molecule has 0 radical (unpaired) electrons. The summed E-state index contributed by atoms with van der Waals surface area (Å²) in [5.74, 6) is 1.08. The van der Waals surface area contributed by atoms with Crippen molar-refractivity contribution in [1.29, 1.82) is 0 Å². The minimum atomic E-state index is -0.132. The highest BCUT2D eigenvalue weighted by Crippen LogP contribution is 2.24. The molecule has 1 atom stereocenters. The van der Waals surface area contributed by atoms with Gasteiger partial charge in [0.05, 0.1) is 0 Å². The second-order valence-corrected chi connectivity index (χ2v) is 5.58. The Morgan fingerprint density at radius 1 is 1.14 bits per heavy atom. The maximum atomic E-state index is 11.8. The molecular formula is C17H21NO3. The molecule has 2 aromatic carbocycles. The molecule has 0 saturated heterocycles. The lowest BCUT2D eigenvalue weighted by Crippen LogP contribution is -2.38. The predicted molar refractivity (Wildman–Crippen MR) is 83.6 cm³/mol. The van der Waals surface area contributed by atoms with Crippen LogP contribution in [0.15, 0.2) is 36.4 Å². The molecule has 2 aromatic rings. The first-order chi connectivity index (χ1) is 9.95. The van der Waals surface area contributed by atoms with Gasteiger partial charge in [-0.3, -0.25) is 4.79 Å². The zero-order valence-corrected chi connectivity index (χ0v) is 12.6. The molecule has 2 N–H and O–H groups in total. The van der Waals surface area contributed by atoms with Gasteiger partial charge in [-0.25, -0.2) is 0 Å². The molecular weight excluding hydrogens is 266 g/mol. The fourth-order valence-corrected chi connectivity index (χ4v) is 1.91. The zero-order chi connectivity index (χ0) is 15.4. The number of nitrogens with one attached hydrogen (secondary N) is 1. The largest absolute Gasteiger partial charge is 0.508 e. The van der Waals surface area contributed by atoms with Crippen LogP contribution in [-0.2, 0) is 4.79 Å². The van der Waals surface area contributed by atoms with Crippen LogP contribution in [0.2, 0.25) is 0 Å². The van der Waals surface area contributed by atoms with Crippen LogP contribution in [-0.4, -0.2) is 23.7 Å². The number of carbonyl (C=O) groups excluding carboxylic acids is 1. The van der Waals surface area contributed by atoms with E-state index in [1.54, 1.807) is 12.1 Å². The molecule has 4 heteroatoms. The Hall–Kier alpha value is -2.23. The van der Waals surface area contributed by atoms with Crippen LogP contribution in [0, 0.1) is 5.92 Å². The van der Waals surface area contributed by atoms with Crippen LogP contribution in [0.1, 0.15) is 20.8 Å². The Labute approximate surface area is 124 Å². The van der Waals surface area contributed by atoms with Crippen molar-refractivity contribution in [2.24, 2.45) is 5.92 Å². The molecule has 0 saturated carbocycles. The number of phenols is 1. The molecule has 0 spiro atoms. The number of aromatic hydroxyl groups is 1. The van der Waals surface area contributed by atoms with Gasteiger partial charge in [-0.1, -0.05) is 26.0 Å². The Morgan fingerprint density at radius 2 is 1.86 bits per heavy atom. The number of carbonyl (C=O) groups is 1. The first kappa shape index (κ1) is 15.2. The Bertz CT molecular complexity index is 637. The van der Waals surface area contributed by atoms with E-state index in [1.165, 1.54) is 0 Å². The monoisotopic (exact) mass is 287 g/mol. The molecule has 4 nitrogen and oxygen atoms in total. The summed E-state index contributed by atoms with van der Waals surface area (Å²) in [4.78, 5) is 11.8. The maximum absolute atomic E-state index is 11.8. The van der Waals surface area contributed by atoms with Gasteiger partial charge in [0, 0.05) is 6.04 Å². The molecule has 112 valence electrons. The van der Waals surface area contributed by atoms with Crippen LogP contribution in [0.5, 0.6) is 11.5 Å². The van der Waals surface area contributed by atoms with Gasteiger partial charge in [0.25, 0.3) is 5.91 Å². The molecule has 0 bridgehead atoms. The van der Waals surface area contributed by atoms with E-state index in [-0.39, 0.29) is 24.3 Å². The van der Waals surface area contributed by atoms with Crippen LogP contribution in [0.3, 0.4) is 0 Å². The van der Waals surface area contributed by atoms with E-state index in [0.29, 0.717) is 11.7 Å². The smallest absolute Gasteiger partial charge is 0.258 e. The summed E-state index contributed by atoms with van der Waals surface area (Å²) in [5.41, 5.74) is 0. The SMILES string of the molecule is CC(C)C(C)NC(=O)COc1ccc2ccc(O)cc2c1. The van der Waals surface area contributed by atoms with Crippen molar-refractivity contribution in [3.05, 3.63) is 36.4 Å². The first-order valence-electron chi connectivity index (χ1n) is 7.10. The molecule has 1 unspecified atom stereocenters. The lowest BCUT2D eigenvalue weighted by molar-refractivity contribution is -0.124. The van der Waals surface area contributed by atoms with Gasteiger partial charge in [0.2, 0.25) is 0 Å². The minimum Gasteiger partial charge on any atom is -0.508 e. The molecule has 2 rings (SSSR count). The second kappa shape index (κ2) is 6.48. The topological polar surface area (TPSA) is 58.6 Å². The van der Waals surface area contributed by atoms with Crippen LogP contribution in [0.4, 0.5) is 0 Å². The summed E-state index contributed by atoms with van der Waals surface area (Å²) < 4.78 is 5.50. The van der Waals surface area contributed by atoms with E-state index in [4.69, 9.17) is 4.74 Å². The van der Waals surface area contributed by atoms with Crippen LogP contribution < -0.4 is 10.1 Å². The van der Waals surface area contributed by atoms with Crippen molar-refractivity contribution in [1.82, 2.24) is 5.32 Å². The number of hydrogen-bond acceptors (Lipinski definition) is 3. The highest BCUT2D eigenvalue weighted by atomic mass is 16.5. The van der Waals surface area contributed by atoms with Crippen molar-refractivity contribution in [3.8, 4) is 11.5 Å². The number of hydrogen-bond donors (Lipinski definition) is 2. The third-order valence-electron chi connectivity index (χ3n) is 3.55. The summed E-state index contributed by atoms with van der Waals surface area (Å²) in [6, 6.07) is 10.8. The van der Waals surface area contributed by atoms with Crippen molar-refractivity contribution < 1.29 is 14.6 Å². The van der Waals surface area contributed by atoms with Crippen LogP contribution >= 0.6 is 0 Å². The summed E-state index contributed by atoms with van der Waals surface area (Å²) in [6.07, 6.45) is 0. The lowest BCUT2D eigenvalue weighted by Gasteiger charge is -2.17. The number of benzene rings is 2. The summed E-state index contributed by atoms with van der Waals surface area (Å²) >= 11 is 0. The fourth-order valence-electron chi connectivity index (χ4n) is 1.91. The quantitative estimate of drug-likeness (QED) is 0.888. The van der Waals surface area contributed by atoms with Gasteiger partial charge in [0.15, 0.2) is 6.61 Å². The average molecular weight is 287 g/mol. The Morgan fingerprint density at radius 3 is 2.57 bits per heavy atom. The predicted octanol–water partition coefficient (Wildman–Crippen LogP) is 3.08. The van der Waals surface area contributed by atoms with Crippen molar-refractivity contribution in [2.45, 2.75) is 26.8 Å². The number of amides is 1. The molecule has 0 aliphatic heterocycles. The third-order valence-corrected chi connectivity index (χ3v) is 3.55. The van der Waals surface area contributed by atoms with E-state index in [1.807, 2.05) is 31.2 Å². The van der Waals surface area contributed by atoms with E-state index in [9.17, 15) is 9.90 Å². The number of rotatable bonds is 5. The minimum absolute atomic E-state index is 0.0125. The van der Waals surface area contributed by atoms with Gasteiger partial charge in [0.1, 0.15) is 11.5 Å². The highest BCUT2D eigenvalue weighted by Gasteiger charge is 2.11.